The summed E-state index contributed by atoms with van der Waals surface area (Å²) in [6.45, 7) is 0.0271. The maximum atomic E-state index is 10.9. The van der Waals surface area contributed by atoms with Crippen LogP contribution in [0, 0.1) is 22.2 Å². The van der Waals surface area contributed by atoms with Crippen molar-refractivity contribution in [2.75, 3.05) is 5.73 Å². The Bertz CT molecular complexity index is 1010. The Morgan fingerprint density at radius 1 is 1.30 bits per heavy atom. The summed E-state index contributed by atoms with van der Waals surface area (Å²) in [5.41, 5.74) is 9.80. The zero-order chi connectivity index (χ0) is 18.8. The minimum absolute atomic E-state index is 0.0271. The SMILES string of the molecule is N#CCC(C1CCCC1)n1cc(-c2c(CN=O)cnn3cc(N)cc23)cn1. The van der Waals surface area contributed by atoms with Gasteiger partial charge >= 0.3 is 0 Å². The van der Waals surface area contributed by atoms with Gasteiger partial charge in [-0.05, 0) is 24.8 Å². The van der Waals surface area contributed by atoms with Crippen LogP contribution in [-0.4, -0.2) is 19.4 Å². The Morgan fingerprint density at radius 2 is 2.11 bits per heavy atom. The molecule has 138 valence electrons. The van der Waals surface area contributed by atoms with Crippen molar-refractivity contribution in [2.24, 2.45) is 11.1 Å². The Balaban J connectivity index is 1.79. The van der Waals surface area contributed by atoms with E-state index in [9.17, 15) is 10.2 Å². The fourth-order valence-electron chi connectivity index (χ4n) is 4.20. The first-order valence-corrected chi connectivity index (χ1v) is 9.17. The molecular weight excluding hydrogens is 342 g/mol. The third-order valence-electron chi connectivity index (χ3n) is 5.45. The second-order valence-electron chi connectivity index (χ2n) is 7.12. The van der Waals surface area contributed by atoms with Crippen LogP contribution < -0.4 is 5.73 Å². The molecule has 0 amide bonds. The molecule has 0 spiro atoms. The number of nitrogen functional groups attached to an aromatic ring is 1. The number of nitroso groups, excluding NO2 is 1. The highest BCUT2D eigenvalue weighted by molar-refractivity contribution is 5.84. The highest BCUT2D eigenvalue weighted by Crippen LogP contribution is 2.37. The average Bonchev–Trinajstić information content (AvgIpc) is 3.40. The standard InChI is InChI=1S/C19H21N7O/c20-6-5-17(13-3-1-2-4-13)25-11-15(9-23-25)19-14(10-24-27)8-22-26-12-16(21)7-18(19)26/h7-9,11-13,17H,1-5,10,21H2. The third-order valence-corrected chi connectivity index (χ3v) is 5.45. The van der Waals surface area contributed by atoms with E-state index in [2.05, 4.69) is 21.4 Å². The fraction of sp³-hybridized carbons (Fsp3) is 0.421. The van der Waals surface area contributed by atoms with Gasteiger partial charge in [-0.15, -0.1) is 0 Å². The van der Waals surface area contributed by atoms with Crippen LogP contribution in [0.1, 0.15) is 43.7 Å². The average molecular weight is 363 g/mol. The predicted octanol–water partition coefficient (Wildman–Crippen LogP) is 3.69. The van der Waals surface area contributed by atoms with Gasteiger partial charge in [-0.3, -0.25) is 4.68 Å². The smallest absolute Gasteiger partial charge is 0.108 e. The number of nitriles is 1. The van der Waals surface area contributed by atoms with Crippen molar-refractivity contribution in [2.45, 2.75) is 44.7 Å². The van der Waals surface area contributed by atoms with Crippen LogP contribution in [0.25, 0.3) is 16.6 Å². The Kier molecular flexibility index (Phi) is 4.59. The van der Waals surface area contributed by atoms with Gasteiger partial charge in [-0.2, -0.15) is 20.4 Å². The highest BCUT2D eigenvalue weighted by atomic mass is 16.3. The first-order valence-electron chi connectivity index (χ1n) is 9.17. The maximum absolute atomic E-state index is 10.9. The van der Waals surface area contributed by atoms with Crippen LogP contribution in [0.4, 0.5) is 5.69 Å². The molecule has 0 bridgehead atoms. The van der Waals surface area contributed by atoms with Gasteiger partial charge in [-0.1, -0.05) is 18.0 Å². The molecule has 3 heterocycles. The van der Waals surface area contributed by atoms with E-state index >= 15 is 0 Å². The monoisotopic (exact) mass is 363 g/mol. The van der Waals surface area contributed by atoms with Gasteiger partial charge in [0.05, 0.1) is 48.3 Å². The number of hydrogen-bond acceptors (Lipinski definition) is 6. The number of anilines is 1. The van der Waals surface area contributed by atoms with E-state index in [4.69, 9.17) is 5.73 Å². The van der Waals surface area contributed by atoms with Crippen molar-refractivity contribution in [1.82, 2.24) is 19.4 Å². The lowest BCUT2D eigenvalue weighted by Gasteiger charge is -2.21. The molecule has 2 N–H and O–H groups in total. The van der Waals surface area contributed by atoms with E-state index in [-0.39, 0.29) is 12.6 Å². The highest BCUT2D eigenvalue weighted by Gasteiger charge is 2.27. The molecule has 4 rings (SSSR count). The summed E-state index contributed by atoms with van der Waals surface area (Å²) in [6, 6.07) is 4.22. The zero-order valence-electron chi connectivity index (χ0n) is 15.0. The lowest BCUT2D eigenvalue weighted by atomic mass is 9.96. The van der Waals surface area contributed by atoms with Gasteiger partial charge in [0, 0.05) is 22.9 Å². The van der Waals surface area contributed by atoms with Crippen LogP contribution >= 0.6 is 0 Å². The van der Waals surface area contributed by atoms with E-state index in [1.807, 2.05) is 16.9 Å². The van der Waals surface area contributed by atoms with E-state index in [0.29, 0.717) is 18.0 Å². The summed E-state index contributed by atoms with van der Waals surface area (Å²) in [7, 11) is 0. The van der Waals surface area contributed by atoms with Crippen LogP contribution in [0.5, 0.6) is 0 Å². The summed E-state index contributed by atoms with van der Waals surface area (Å²) < 4.78 is 3.61. The molecular formula is C19H21N7O. The Labute approximate surface area is 156 Å². The molecule has 8 nitrogen and oxygen atoms in total. The van der Waals surface area contributed by atoms with Crippen molar-refractivity contribution in [1.29, 1.82) is 5.26 Å². The van der Waals surface area contributed by atoms with Gasteiger partial charge in [0.2, 0.25) is 0 Å². The van der Waals surface area contributed by atoms with E-state index in [1.165, 1.54) is 12.8 Å². The Hall–Kier alpha value is -3.21. The molecule has 1 aliphatic carbocycles. The van der Waals surface area contributed by atoms with Crippen molar-refractivity contribution >= 4 is 11.2 Å². The zero-order valence-corrected chi connectivity index (χ0v) is 15.0. The fourth-order valence-corrected chi connectivity index (χ4v) is 4.20. The molecule has 1 unspecified atom stereocenters. The van der Waals surface area contributed by atoms with Gasteiger partial charge < -0.3 is 5.73 Å². The number of rotatable bonds is 6. The second kappa shape index (κ2) is 7.19. The predicted molar refractivity (Wildman–Crippen MR) is 102 cm³/mol. The van der Waals surface area contributed by atoms with Crippen molar-refractivity contribution in [3.63, 3.8) is 0 Å². The van der Waals surface area contributed by atoms with Gasteiger partial charge in [-0.25, -0.2) is 4.52 Å². The van der Waals surface area contributed by atoms with Gasteiger partial charge in [0.15, 0.2) is 0 Å². The molecule has 0 saturated heterocycles. The molecule has 0 aromatic carbocycles. The molecule has 8 heteroatoms. The topological polar surface area (TPSA) is 114 Å². The largest absolute Gasteiger partial charge is 0.397 e. The molecule has 3 aromatic rings. The summed E-state index contributed by atoms with van der Waals surface area (Å²) >= 11 is 0. The van der Waals surface area contributed by atoms with Crippen LogP contribution in [0.15, 0.2) is 36.0 Å². The van der Waals surface area contributed by atoms with Crippen molar-refractivity contribution in [3.8, 4) is 17.2 Å². The normalized spacial score (nSPS) is 15.8. The number of nitrogens with zero attached hydrogens (tertiary/aromatic N) is 6. The minimum Gasteiger partial charge on any atom is -0.397 e. The molecule has 1 fully saturated rings. The van der Waals surface area contributed by atoms with Crippen LogP contribution in [0.2, 0.25) is 0 Å². The number of aromatic nitrogens is 4. The summed E-state index contributed by atoms with van der Waals surface area (Å²) in [6.07, 6.45) is 12.3. The molecule has 1 aliphatic rings. The minimum atomic E-state index is 0.0271. The van der Waals surface area contributed by atoms with Gasteiger partial charge in [0.1, 0.15) is 6.54 Å². The molecule has 0 radical (unpaired) electrons. The summed E-state index contributed by atoms with van der Waals surface area (Å²) in [5, 5.41) is 21.2. The molecule has 0 aliphatic heterocycles. The molecule has 1 atom stereocenters. The van der Waals surface area contributed by atoms with Crippen LogP contribution in [0.3, 0.4) is 0 Å². The summed E-state index contributed by atoms with van der Waals surface area (Å²) in [4.78, 5) is 10.9. The van der Waals surface area contributed by atoms with E-state index in [0.717, 1.165) is 35.0 Å². The van der Waals surface area contributed by atoms with E-state index < -0.39 is 0 Å². The van der Waals surface area contributed by atoms with Crippen LogP contribution in [-0.2, 0) is 6.54 Å². The van der Waals surface area contributed by atoms with Crippen molar-refractivity contribution in [3.05, 3.63) is 41.3 Å². The molecule has 1 saturated carbocycles. The lowest BCUT2D eigenvalue weighted by molar-refractivity contribution is 0.315. The van der Waals surface area contributed by atoms with E-state index in [1.54, 1.807) is 23.1 Å². The van der Waals surface area contributed by atoms with Gasteiger partial charge in [0.25, 0.3) is 0 Å². The number of hydrogen-bond donors (Lipinski definition) is 1. The third kappa shape index (κ3) is 3.16. The Morgan fingerprint density at radius 3 is 2.85 bits per heavy atom. The van der Waals surface area contributed by atoms with Crippen molar-refractivity contribution < 1.29 is 0 Å². The quantitative estimate of drug-likeness (QED) is 0.671. The number of fused-ring (bicyclic) bond motifs is 1. The lowest BCUT2D eigenvalue weighted by Crippen LogP contribution is -2.17. The first-order chi connectivity index (χ1) is 13.2. The molecule has 3 aromatic heterocycles. The second-order valence-corrected chi connectivity index (χ2v) is 7.12. The summed E-state index contributed by atoms with van der Waals surface area (Å²) in [5.74, 6) is 0.481. The first kappa shape index (κ1) is 17.2. The molecule has 27 heavy (non-hydrogen) atoms. The number of nitrogens with two attached hydrogens (primary N) is 1. The maximum Gasteiger partial charge on any atom is 0.108 e.